The lowest BCUT2D eigenvalue weighted by Gasteiger charge is -2.06. The predicted octanol–water partition coefficient (Wildman–Crippen LogP) is 3.03. The van der Waals surface area contributed by atoms with Crippen LogP contribution in [0.1, 0.15) is 16.1 Å². The molecular weight excluding hydrogens is 330 g/mol. The number of amides is 1. The summed E-state index contributed by atoms with van der Waals surface area (Å²) in [5, 5.41) is 7.35. The number of ether oxygens (including phenoxy) is 2. The van der Waals surface area contributed by atoms with E-state index in [1.165, 1.54) is 0 Å². The van der Waals surface area contributed by atoms with Gasteiger partial charge in [-0.1, -0.05) is 24.3 Å². The SMILES string of the molecule is COc1ccc(CNC(=O)c2cc(-c3cccc(OC)c3)nn2C)cc1. The van der Waals surface area contributed by atoms with E-state index in [4.69, 9.17) is 9.47 Å². The molecule has 0 fully saturated rings. The summed E-state index contributed by atoms with van der Waals surface area (Å²) in [6.45, 7) is 0.433. The fourth-order valence-electron chi connectivity index (χ4n) is 2.62. The fourth-order valence-corrected chi connectivity index (χ4v) is 2.62. The molecule has 26 heavy (non-hydrogen) atoms. The number of aryl methyl sites for hydroxylation is 1. The Balaban J connectivity index is 1.72. The van der Waals surface area contributed by atoms with Crippen molar-refractivity contribution in [1.29, 1.82) is 0 Å². The van der Waals surface area contributed by atoms with Crippen LogP contribution < -0.4 is 14.8 Å². The standard InChI is InChI=1S/C20H21N3O3/c1-23-19(12-18(22-23)15-5-4-6-17(11-15)26-3)20(24)21-13-14-7-9-16(25-2)10-8-14/h4-12H,13H2,1-3H3,(H,21,24). The van der Waals surface area contributed by atoms with Gasteiger partial charge in [-0.05, 0) is 35.9 Å². The normalized spacial score (nSPS) is 10.4. The van der Waals surface area contributed by atoms with Gasteiger partial charge in [0.1, 0.15) is 17.2 Å². The molecule has 0 saturated heterocycles. The number of aromatic nitrogens is 2. The van der Waals surface area contributed by atoms with E-state index in [0.717, 1.165) is 28.3 Å². The predicted molar refractivity (Wildman–Crippen MR) is 99.4 cm³/mol. The number of rotatable bonds is 6. The lowest BCUT2D eigenvalue weighted by Crippen LogP contribution is -2.25. The van der Waals surface area contributed by atoms with Crippen LogP contribution in [0.2, 0.25) is 0 Å². The minimum atomic E-state index is -0.176. The Bertz CT molecular complexity index is 901. The average Bonchev–Trinajstić information content (AvgIpc) is 3.08. The van der Waals surface area contributed by atoms with E-state index in [2.05, 4.69) is 10.4 Å². The van der Waals surface area contributed by atoms with Gasteiger partial charge in [0.25, 0.3) is 5.91 Å². The van der Waals surface area contributed by atoms with E-state index in [1.807, 2.05) is 48.5 Å². The van der Waals surface area contributed by atoms with Gasteiger partial charge < -0.3 is 14.8 Å². The topological polar surface area (TPSA) is 65.4 Å². The van der Waals surface area contributed by atoms with Gasteiger partial charge in [0.2, 0.25) is 0 Å². The van der Waals surface area contributed by atoms with Gasteiger partial charge in [0, 0.05) is 19.2 Å². The van der Waals surface area contributed by atoms with Crippen LogP contribution in [0.5, 0.6) is 11.5 Å². The highest BCUT2D eigenvalue weighted by molar-refractivity contribution is 5.93. The Morgan fingerprint density at radius 2 is 1.77 bits per heavy atom. The maximum absolute atomic E-state index is 12.5. The smallest absolute Gasteiger partial charge is 0.269 e. The summed E-state index contributed by atoms with van der Waals surface area (Å²) >= 11 is 0. The van der Waals surface area contributed by atoms with Crippen LogP contribution in [-0.4, -0.2) is 29.9 Å². The Kier molecular flexibility index (Phi) is 5.22. The third-order valence-corrected chi connectivity index (χ3v) is 4.09. The highest BCUT2D eigenvalue weighted by Crippen LogP contribution is 2.23. The van der Waals surface area contributed by atoms with E-state index >= 15 is 0 Å². The molecule has 0 unspecified atom stereocenters. The molecule has 0 aliphatic rings. The summed E-state index contributed by atoms with van der Waals surface area (Å²) in [6, 6.07) is 16.9. The average molecular weight is 351 g/mol. The van der Waals surface area contributed by atoms with Crippen LogP contribution in [0.3, 0.4) is 0 Å². The zero-order chi connectivity index (χ0) is 18.5. The van der Waals surface area contributed by atoms with Gasteiger partial charge in [0.15, 0.2) is 0 Å². The number of carbonyl (C=O) groups excluding carboxylic acids is 1. The molecule has 2 aromatic carbocycles. The van der Waals surface area contributed by atoms with Gasteiger partial charge in [-0.2, -0.15) is 5.10 Å². The second-order valence-electron chi connectivity index (χ2n) is 5.80. The minimum absolute atomic E-state index is 0.176. The number of nitrogens with zero attached hydrogens (tertiary/aromatic N) is 2. The van der Waals surface area contributed by atoms with Crippen molar-refractivity contribution in [3.63, 3.8) is 0 Å². The van der Waals surface area contributed by atoms with E-state index < -0.39 is 0 Å². The van der Waals surface area contributed by atoms with Gasteiger partial charge in [0.05, 0.1) is 19.9 Å². The van der Waals surface area contributed by atoms with E-state index in [9.17, 15) is 4.79 Å². The van der Waals surface area contributed by atoms with Gasteiger partial charge >= 0.3 is 0 Å². The first-order chi connectivity index (χ1) is 12.6. The molecule has 0 aliphatic heterocycles. The molecular formula is C20H21N3O3. The van der Waals surface area contributed by atoms with Crippen LogP contribution >= 0.6 is 0 Å². The fraction of sp³-hybridized carbons (Fsp3) is 0.200. The Labute approximate surface area is 152 Å². The zero-order valence-electron chi connectivity index (χ0n) is 15.0. The minimum Gasteiger partial charge on any atom is -0.497 e. The summed E-state index contributed by atoms with van der Waals surface area (Å²) in [7, 11) is 5.00. The molecule has 6 nitrogen and oxygen atoms in total. The number of hydrogen-bond donors (Lipinski definition) is 1. The number of benzene rings is 2. The summed E-state index contributed by atoms with van der Waals surface area (Å²) in [4.78, 5) is 12.5. The maximum Gasteiger partial charge on any atom is 0.269 e. The molecule has 0 aliphatic carbocycles. The third-order valence-electron chi connectivity index (χ3n) is 4.09. The summed E-state index contributed by atoms with van der Waals surface area (Å²) in [5.41, 5.74) is 3.11. The van der Waals surface area contributed by atoms with E-state index in [1.54, 1.807) is 32.0 Å². The maximum atomic E-state index is 12.5. The zero-order valence-corrected chi connectivity index (χ0v) is 15.0. The van der Waals surface area contributed by atoms with Crippen molar-refractivity contribution in [2.75, 3.05) is 14.2 Å². The quantitative estimate of drug-likeness (QED) is 0.741. The van der Waals surface area contributed by atoms with Crippen LogP contribution in [0.15, 0.2) is 54.6 Å². The monoisotopic (exact) mass is 351 g/mol. The van der Waals surface area contributed by atoms with Crippen molar-refractivity contribution in [1.82, 2.24) is 15.1 Å². The van der Waals surface area contributed by atoms with Gasteiger partial charge in [-0.3, -0.25) is 9.48 Å². The first-order valence-corrected chi connectivity index (χ1v) is 8.20. The lowest BCUT2D eigenvalue weighted by atomic mass is 10.1. The van der Waals surface area contributed by atoms with Crippen LogP contribution in [0.4, 0.5) is 0 Å². The molecule has 0 atom stereocenters. The van der Waals surface area contributed by atoms with Crippen molar-refractivity contribution in [2.45, 2.75) is 6.54 Å². The molecule has 1 amide bonds. The first-order valence-electron chi connectivity index (χ1n) is 8.20. The highest BCUT2D eigenvalue weighted by atomic mass is 16.5. The van der Waals surface area contributed by atoms with E-state index in [-0.39, 0.29) is 5.91 Å². The van der Waals surface area contributed by atoms with Crippen LogP contribution in [0, 0.1) is 0 Å². The first kappa shape index (κ1) is 17.5. The third kappa shape index (κ3) is 3.85. The van der Waals surface area contributed by atoms with Crippen LogP contribution in [0.25, 0.3) is 11.3 Å². The van der Waals surface area contributed by atoms with Crippen molar-refractivity contribution < 1.29 is 14.3 Å². The van der Waals surface area contributed by atoms with Crippen molar-refractivity contribution in [3.05, 3.63) is 65.9 Å². The van der Waals surface area contributed by atoms with Crippen molar-refractivity contribution >= 4 is 5.91 Å². The number of nitrogens with one attached hydrogen (secondary N) is 1. The summed E-state index contributed by atoms with van der Waals surface area (Å²) in [6.07, 6.45) is 0. The summed E-state index contributed by atoms with van der Waals surface area (Å²) in [5.74, 6) is 1.36. The largest absolute Gasteiger partial charge is 0.497 e. The molecule has 1 heterocycles. The second kappa shape index (κ2) is 7.74. The molecule has 6 heteroatoms. The highest BCUT2D eigenvalue weighted by Gasteiger charge is 2.14. The molecule has 0 spiro atoms. The molecule has 1 N–H and O–H groups in total. The summed E-state index contributed by atoms with van der Waals surface area (Å²) < 4.78 is 12.0. The molecule has 1 aromatic heterocycles. The Morgan fingerprint density at radius 1 is 1.04 bits per heavy atom. The number of methoxy groups -OCH3 is 2. The number of hydrogen-bond acceptors (Lipinski definition) is 4. The Morgan fingerprint density at radius 3 is 2.46 bits per heavy atom. The van der Waals surface area contributed by atoms with Crippen molar-refractivity contribution in [2.24, 2.45) is 7.05 Å². The second-order valence-corrected chi connectivity index (χ2v) is 5.80. The molecule has 3 rings (SSSR count). The van der Waals surface area contributed by atoms with Gasteiger partial charge in [-0.15, -0.1) is 0 Å². The number of carbonyl (C=O) groups is 1. The molecule has 0 saturated carbocycles. The molecule has 0 radical (unpaired) electrons. The lowest BCUT2D eigenvalue weighted by molar-refractivity contribution is 0.0941. The molecule has 134 valence electrons. The van der Waals surface area contributed by atoms with Crippen LogP contribution in [-0.2, 0) is 13.6 Å². The van der Waals surface area contributed by atoms with Crippen molar-refractivity contribution in [3.8, 4) is 22.8 Å². The molecule has 3 aromatic rings. The molecule has 0 bridgehead atoms. The Hall–Kier alpha value is -3.28. The van der Waals surface area contributed by atoms with E-state index in [0.29, 0.717) is 12.2 Å². The van der Waals surface area contributed by atoms with Gasteiger partial charge in [-0.25, -0.2) is 0 Å².